The van der Waals surface area contributed by atoms with E-state index in [1.54, 1.807) is 23.0 Å². The van der Waals surface area contributed by atoms with Crippen LogP contribution in [0.4, 0.5) is 10.2 Å². The lowest BCUT2D eigenvalue weighted by molar-refractivity contribution is 0.0395. The van der Waals surface area contributed by atoms with E-state index in [0.717, 1.165) is 30.5 Å². The van der Waals surface area contributed by atoms with Crippen LogP contribution in [0, 0.1) is 5.82 Å². The van der Waals surface area contributed by atoms with Crippen LogP contribution in [0.3, 0.4) is 0 Å². The zero-order chi connectivity index (χ0) is 24.1. The van der Waals surface area contributed by atoms with Crippen molar-refractivity contribution < 1.29 is 9.13 Å². The summed E-state index contributed by atoms with van der Waals surface area (Å²) in [6.45, 7) is 1.66. The average Bonchev–Trinajstić information content (AvgIpc) is 3.30. The first kappa shape index (κ1) is 22.2. The van der Waals surface area contributed by atoms with Crippen molar-refractivity contribution in [3.8, 4) is 11.4 Å². The first-order valence-corrected chi connectivity index (χ1v) is 12.1. The predicted molar refractivity (Wildman–Crippen MR) is 130 cm³/mol. The van der Waals surface area contributed by atoms with Gasteiger partial charge in [0.2, 0.25) is 0 Å². The molecule has 2 aliphatic rings. The zero-order valence-electron chi connectivity index (χ0n) is 19.2. The van der Waals surface area contributed by atoms with E-state index in [1.807, 2.05) is 19.3 Å². The van der Waals surface area contributed by atoms with Gasteiger partial charge in [0.15, 0.2) is 5.82 Å². The summed E-state index contributed by atoms with van der Waals surface area (Å²) in [6.07, 6.45) is 6.94. The molecule has 1 aliphatic heterocycles. The van der Waals surface area contributed by atoms with Crippen LogP contribution in [0.5, 0.6) is 0 Å². The van der Waals surface area contributed by atoms with Crippen molar-refractivity contribution in [3.63, 3.8) is 0 Å². The number of hydrogen-bond acceptors (Lipinski definition) is 6. The van der Waals surface area contributed by atoms with Crippen LogP contribution in [0.2, 0.25) is 5.02 Å². The van der Waals surface area contributed by atoms with Crippen molar-refractivity contribution in [2.75, 3.05) is 24.6 Å². The SMILES string of the molecule is Cn1cc([C@H]2CN(c3cc4nc5c(c(=O)n4c(-c4ccc(Cl)cc4F)n3)CCCC5)CCO2)cn1. The quantitative estimate of drug-likeness (QED) is 0.432. The lowest BCUT2D eigenvalue weighted by atomic mass is 9.97. The maximum atomic E-state index is 15.1. The lowest BCUT2D eigenvalue weighted by Crippen LogP contribution is -2.39. The highest BCUT2D eigenvalue weighted by Crippen LogP contribution is 2.30. The highest BCUT2D eigenvalue weighted by molar-refractivity contribution is 6.30. The molecule has 0 amide bonds. The maximum absolute atomic E-state index is 15.1. The molecule has 0 spiro atoms. The van der Waals surface area contributed by atoms with Crippen molar-refractivity contribution in [1.29, 1.82) is 0 Å². The van der Waals surface area contributed by atoms with Gasteiger partial charge in [0.1, 0.15) is 23.4 Å². The minimum Gasteiger partial charge on any atom is -0.370 e. The number of hydrogen-bond donors (Lipinski definition) is 0. The van der Waals surface area contributed by atoms with E-state index in [9.17, 15) is 4.79 Å². The summed E-state index contributed by atoms with van der Waals surface area (Å²) >= 11 is 6.01. The summed E-state index contributed by atoms with van der Waals surface area (Å²) in [5.41, 5.74) is 3.00. The van der Waals surface area contributed by atoms with E-state index in [1.165, 1.54) is 10.5 Å². The Balaban J connectivity index is 1.52. The third kappa shape index (κ3) is 3.98. The molecule has 1 fully saturated rings. The lowest BCUT2D eigenvalue weighted by Gasteiger charge is -2.33. The van der Waals surface area contributed by atoms with Gasteiger partial charge >= 0.3 is 0 Å². The highest BCUT2D eigenvalue weighted by atomic mass is 35.5. The Labute approximate surface area is 205 Å². The summed E-state index contributed by atoms with van der Waals surface area (Å²) in [4.78, 5) is 25.3. The molecular formula is C25H24ClFN6O2. The molecule has 4 aromatic rings. The van der Waals surface area contributed by atoms with Gasteiger partial charge in [-0.15, -0.1) is 0 Å². The molecule has 1 aromatic carbocycles. The molecule has 35 heavy (non-hydrogen) atoms. The largest absolute Gasteiger partial charge is 0.370 e. The zero-order valence-corrected chi connectivity index (χ0v) is 20.0. The second-order valence-corrected chi connectivity index (χ2v) is 9.49. The number of anilines is 1. The fourth-order valence-electron chi connectivity index (χ4n) is 4.96. The number of morpholine rings is 1. The van der Waals surface area contributed by atoms with E-state index in [4.69, 9.17) is 26.3 Å². The number of aryl methyl sites for hydroxylation is 2. The van der Waals surface area contributed by atoms with Crippen LogP contribution in [0.1, 0.15) is 35.8 Å². The molecule has 0 saturated carbocycles. The van der Waals surface area contributed by atoms with Gasteiger partial charge in [-0.1, -0.05) is 11.6 Å². The third-order valence-corrected chi connectivity index (χ3v) is 6.96. The molecule has 1 saturated heterocycles. The van der Waals surface area contributed by atoms with Gasteiger partial charge in [-0.2, -0.15) is 5.10 Å². The number of rotatable bonds is 3. The standard InChI is InChI=1S/C25H24ClFN6O2/c1-31-13-15(12-28-31)21-14-32(8-9-35-21)22-11-23-29-20-5-3-2-4-18(20)25(34)33(23)24(30-22)17-7-6-16(26)10-19(17)27/h6-7,10-13,21H,2-5,8-9,14H2,1H3/t21-/m1/s1. The number of benzene rings is 1. The van der Waals surface area contributed by atoms with Crippen molar-refractivity contribution in [1.82, 2.24) is 24.1 Å². The van der Waals surface area contributed by atoms with Crippen LogP contribution in [0.15, 0.2) is 41.5 Å². The Morgan fingerprint density at radius 1 is 1.17 bits per heavy atom. The molecule has 0 radical (unpaired) electrons. The predicted octanol–water partition coefficient (Wildman–Crippen LogP) is 3.74. The van der Waals surface area contributed by atoms with Crippen molar-refractivity contribution in [3.05, 3.63) is 74.7 Å². The summed E-state index contributed by atoms with van der Waals surface area (Å²) in [6, 6.07) is 6.22. The fraction of sp³-hybridized carbons (Fsp3) is 0.360. The number of fused-ring (bicyclic) bond motifs is 2. The highest BCUT2D eigenvalue weighted by Gasteiger charge is 2.27. The van der Waals surface area contributed by atoms with Crippen LogP contribution >= 0.6 is 11.6 Å². The number of aromatic nitrogens is 5. The monoisotopic (exact) mass is 494 g/mol. The van der Waals surface area contributed by atoms with Crippen molar-refractivity contribution in [2.45, 2.75) is 31.8 Å². The van der Waals surface area contributed by atoms with Gasteiger partial charge in [-0.05, 0) is 43.9 Å². The Bertz CT molecular complexity index is 1500. The summed E-state index contributed by atoms with van der Waals surface area (Å²) in [5.74, 6) is 0.305. The van der Waals surface area contributed by atoms with Gasteiger partial charge in [0.05, 0.1) is 24.1 Å². The van der Waals surface area contributed by atoms with Gasteiger partial charge < -0.3 is 9.64 Å². The van der Waals surface area contributed by atoms with E-state index in [0.29, 0.717) is 43.1 Å². The summed E-state index contributed by atoms with van der Waals surface area (Å²) < 4.78 is 24.3. The molecular weight excluding hydrogens is 471 g/mol. The molecule has 4 heterocycles. The molecule has 10 heteroatoms. The summed E-state index contributed by atoms with van der Waals surface area (Å²) in [5, 5.41) is 4.53. The Morgan fingerprint density at radius 3 is 2.83 bits per heavy atom. The minimum atomic E-state index is -0.539. The molecule has 180 valence electrons. The molecule has 0 bridgehead atoms. The second-order valence-electron chi connectivity index (χ2n) is 9.06. The molecule has 8 nitrogen and oxygen atoms in total. The molecule has 0 unspecified atom stereocenters. The fourth-order valence-corrected chi connectivity index (χ4v) is 5.12. The minimum absolute atomic E-state index is 0.176. The number of halogens is 2. The van der Waals surface area contributed by atoms with Gasteiger partial charge in [0.25, 0.3) is 5.56 Å². The van der Waals surface area contributed by atoms with E-state index < -0.39 is 5.82 Å². The second kappa shape index (κ2) is 8.73. The summed E-state index contributed by atoms with van der Waals surface area (Å²) in [7, 11) is 1.87. The third-order valence-electron chi connectivity index (χ3n) is 6.73. The smallest absolute Gasteiger partial charge is 0.263 e. The topological polar surface area (TPSA) is 77.6 Å². The van der Waals surface area contributed by atoms with Gasteiger partial charge in [0, 0.05) is 48.5 Å². The first-order valence-electron chi connectivity index (χ1n) is 11.7. The maximum Gasteiger partial charge on any atom is 0.263 e. The number of nitrogens with zero attached hydrogens (tertiary/aromatic N) is 6. The van der Waals surface area contributed by atoms with E-state index in [-0.39, 0.29) is 28.1 Å². The molecule has 0 N–H and O–H groups in total. The molecule has 6 rings (SSSR count). The number of ether oxygens (including phenoxy) is 1. The molecule has 1 atom stereocenters. The van der Waals surface area contributed by atoms with Crippen LogP contribution in [0.25, 0.3) is 17.0 Å². The first-order chi connectivity index (χ1) is 17.0. The van der Waals surface area contributed by atoms with Crippen molar-refractivity contribution >= 4 is 23.1 Å². The Kier molecular flexibility index (Phi) is 5.53. The normalized spacial score (nSPS) is 18.1. The van der Waals surface area contributed by atoms with Crippen LogP contribution in [-0.4, -0.2) is 43.8 Å². The Hall–Kier alpha value is -3.30. The van der Waals surface area contributed by atoms with Crippen molar-refractivity contribution in [2.24, 2.45) is 7.05 Å². The van der Waals surface area contributed by atoms with Gasteiger partial charge in [-0.25, -0.2) is 18.8 Å². The Morgan fingerprint density at radius 2 is 2.03 bits per heavy atom. The average molecular weight is 495 g/mol. The van der Waals surface area contributed by atoms with Gasteiger partial charge in [-0.3, -0.25) is 9.48 Å². The van der Waals surface area contributed by atoms with E-state index in [2.05, 4.69) is 10.00 Å². The molecule has 1 aliphatic carbocycles. The van der Waals surface area contributed by atoms with Crippen LogP contribution in [-0.2, 0) is 24.6 Å². The molecule has 3 aromatic heterocycles. The van der Waals surface area contributed by atoms with E-state index >= 15 is 4.39 Å². The van der Waals surface area contributed by atoms with Crippen LogP contribution < -0.4 is 10.5 Å².